The Kier molecular flexibility index (Phi) is 5.57. The first-order chi connectivity index (χ1) is 13.9. The molecule has 1 atom stereocenters. The number of aromatic nitrogens is 2. The number of hydrogen-bond donors (Lipinski definition) is 2. The second-order valence-corrected chi connectivity index (χ2v) is 10.9. The van der Waals surface area contributed by atoms with Crippen LogP contribution in [0.4, 0.5) is 5.69 Å². The third kappa shape index (κ3) is 3.88. The summed E-state index contributed by atoms with van der Waals surface area (Å²) in [6.45, 7) is 3.84. The number of nitriles is 1. The molecule has 1 aliphatic rings. The Morgan fingerprint density at radius 2 is 2.28 bits per heavy atom. The summed E-state index contributed by atoms with van der Waals surface area (Å²) >= 11 is 2.95. The van der Waals surface area contributed by atoms with Crippen LogP contribution < -0.4 is 4.72 Å². The van der Waals surface area contributed by atoms with Crippen molar-refractivity contribution >= 4 is 49.9 Å². The van der Waals surface area contributed by atoms with Crippen LogP contribution in [0, 0.1) is 18.3 Å². The predicted octanol–water partition coefficient (Wildman–Crippen LogP) is 4.06. The van der Waals surface area contributed by atoms with E-state index >= 15 is 0 Å². The number of piperidine rings is 1. The summed E-state index contributed by atoms with van der Waals surface area (Å²) in [6.07, 6.45) is 7.21. The van der Waals surface area contributed by atoms with Crippen molar-refractivity contribution in [3.63, 3.8) is 0 Å². The van der Waals surface area contributed by atoms with Gasteiger partial charge in [0.25, 0.3) is 10.0 Å². The average Bonchev–Trinajstić information content (AvgIpc) is 3.38. The van der Waals surface area contributed by atoms with Gasteiger partial charge < -0.3 is 4.98 Å². The molecule has 0 saturated carbocycles. The number of benzene rings is 1. The van der Waals surface area contributed by atoms with Crippen molar-refractivity contribution in [3.8, 4) is 6.07 Å². The van der Waals surface area contributed by atoms with Gasteiger partial charge in [0.1, 0.15) is 6.07 Å². The van der Waals surface area contributed by atoms with Gasteiger partial charge in [-0.3, -0.25) is 9.03 Å². The Balaban J connectivity index is 1.62. The Hall–Kier alpha value is -2.06. The minimum atomic E-state index is -3.77. The van der Waals surface area contributed by atoms with E-state index in [1.165, 1.54) is 17.5 Å². The highest BCUT2D eigenvalue weighted by Crippen LogP contribution is 2.35. The number of hydrogen-bond acceptors (Lipinski definition) is 7. The van der Waals surface area contributed by atoms with Gasteiger partial charge >= 0.3 is 0 Å². The number of aryl methyl sites for hydroxylation is 1. The minimum Gasteiger partial charge on any atom is -0.358 e. The quantitative estimate of drug-likeness (QED) is 0.572. The molecule has 3 aromatic rings. The lowest BCUT2D eigenvalue weighted by Crippen LogP contribution is -2.28. The van der Waals surface area contributed by atoms with Crippen molar-refractivity contribution < 1.29 is 8.42 Å². The molecule has 0 amide bonds. The number of thiazole rings is 1. The van der Waals surface area contributed by atoms with Gasteiger partial charge in [-0.05, 0) is 37.7 Å². The van der Waals surface area contributed by atoms with Crippen LogP contribution in [0.5, 0.6) is 0 Å². The molecule has 152 valence electrons. The molecule has 1 saturated heterocycles. The van der Waals surface area contributed by atoms with Crippen molar-refractivity contribution in [2.45, 2.75) is 29.9 Å². The van der Waals surface area contributed by atoms with Crippen LogP contribution in [-0.2, 0) is 10.0 Å². The first kappa shape index (κ1) is 20.2. The predicted molar refractivity (Wildman–Crippen MR) is 118 cm³/mol. The van der Waals surface area contributed by atoms with Gasteiger partial charge in [-0.1, -0.05) is 18.0 Å². The van der Waals surface area contributed by atoms with Gasteiger partial charge in [0.15, 0.2) is 4.21 Å². The number of anilines is 1. The molecule has 29 heavy (non-hydrogen) atoms. The van der Waals surface area contributed by atoms with E-state index in [0.717, 1.165) is 41.9 Å². The molecule has 0 aliphatic carbocycles. The summed E-state index contributed by atoms with van der Waals surface area (Å²) in [6, 6.07) is 5.66. The van der Waals surface area contributed by atoms with E-state index in [0.29, 0.717) is 16.8 Å². The fourth-order valence-electron chi connectivity index (χ4n) is 3.68. The third-order valence-electron chi connectivity index (χ3n) is 5.17. The Bertz CT molecular complexity index is 1190. The van der Waals surface area contributed by atoms with E-state index in [2.05, 4.69) is 31.3 Å². The number of rotatable bonds is 5. The molecule has 2 aromatic heterocycles. The van der Waals surface area contributed by atoms with E-state index in [1.807, 2.05) is 13.0 Å². The second kappa shape index (κ2) is 7.99. The summed E-state index contributed by atoms with van der Waals surface area (Å²) in [5, 5.41) is 10.9. The van der Waals surface area contributed by atoms with Gasteiger partial charge in [0, 0.05) is 30.6 Å². The molecule has 10 heteroatoms. The maximum atomic E-state index is 13.0. The zero-order valence-electron chi connectivity index (χ0n) is 16.1. The van der Waals surface area contributed by atoms with Crippen molar-refractivity contribution in [1.29, 1.82) is 5.26 Å². The molecule has 1 aliphatic heterocycles. The summed E-state index contributed by atoms with van der Waals surface area (Å²) in [4.78, 5) is 7.44. The van der Waals surface area contributed by atoms with Crippen LogP contribution in [0.15, 0.2) is 28.7 Å². The Morgan fingerprint density at radius 3 is 3.03 bits per heavy atom. The Morgan fingerprint density at radius 1 is 1.45 bits per heavy atom. The van der Waals surface area contributed by atoms with Crippen LogP contribution in [0.25, 0.3) is 10.9 Å². The number of aromatic amines is 1. The standard InChI is InChI=1S/C19H21N5O2S3/c1-12-5-6-15(18-17(12)14(8-20)9-21-18)23-29(25,26)16-10-22-19(28-16)13-4-3-7-24(11-13)27-2/h5-6,9-10,13,21,23H,3-4,7,11H2,1-2H3. The van der Waals surface area contributed by atoms with Crippen molar-refractivity contribution in [2.75, 3.05) is 24.1 Å². The maximum Gasteiger partial charge on any atom is 0.273 e. The number of nitrogens with zero attached hydrogens (tertiary/aromatic N) is 3. The zero-order valence-corrected chi connectivity index (χ0v) is 18.5. The number of sulfonamides is 1. The molecule has 4 rings (SSSR count). The van der Waals surface area contributed by atoms with E-state index in [4.69, 9.17) is 0 Å². The average molecular weight is 448 g/mol. The first-order valence-corrected chi connectivity index (χ1v) is 12.7. The van der Waals surface area contributed by atoms with Crippen molar-refractivity contribution in [3.05, 3.63) is 40.7 Å². The van der Waals surface area contributed by atoms with E-state index < -0.39 is 10.0 Å². The second-order valence-electron chi connectivity index (χ2n) is 7.03. The molecule has 0 radical (unpaired) electrons. The molecule has 0 bridgehead atoms. The van der Waals surface area contributed by atoms with E-state index in [9.17, 15) is 13.7 Å². The van der Waals surface area contributed by atoms with Crippen molar-refractivity contribution in [2.24, 2.45) is 0 Å². The lowest BCUT2D eigenvalue weighted by molar-refractivity contribution is 0.343. The summed E-state index contributed by atoms with van der Waals surface area (Å²) < 4.78 is 31.1. The fourth-order valence-corrected chi connectivity index (χ4v) is 6.67. The molecule has 7 nitrogen and oxygen atoms in total. The molecule has 2 N–H and O–H groups in total. The number of fused-ring (bicyclic) bond motifs is 1. The highest BCUT2D eigenvalue weighted by molar-refractivity contribution is 7.96. The van der Waals surface area contributed by atoms with Crippen LogP contribution in [0.1, 0.15) is 34.9 Å². The molecule has 0 spiro atoms. The normalized spacial score (nSPS) is 18.0. The summed E-state index contributed by atoms with van der Waals surface area (Å²) in [5.74, 6) is 0.262. The minimum absolute atomic E-state index is 0.203. The highest BCUT2D eigenvalue weighted by Gasteiger charge is 2.26. The van der Waals surface area contributed by atoms with Crippen LogP contribution >= 0.6 is 23.3 Å². The lowest BCUT2D eigenvalue weighted by atomic mass is 10.0. The van der Waals surface area contributed by atoms with E-state index in [1.54, 1.807) is 24.2 Å². The monoisotopic (exact) mass is 447 g/mol. The van der Waals surface area contributed by atoms with Gasteiger partial charge in [-0.15, -0.1) is 11.3 Å². The van der Waals surface area contributed by atoms with Gasteiger partial charge in [0.05, 0.1) is 28.0 Å². The van der Waals surface area contributed by atoms with Gasteiger partial charge in [-0.2, -0.15) is 5.26 Å². The summed E-state index contributed by atoms with van der Waals surface area (Å²) in [5.41, 5.74) is 2.44. The highest BCUT2D eigenvalue weighted by atomic mass is 32.2. The Labute approximate surface area is 178 Å². The lowest BCUT2D eigenvalue weighted by Gasteiger charge is -2.29. The number of H-pyrrole nitrogens is 1. The van der Waals surface area contributed by atoms with Gasteiger partial charge in [0.2, 0.25) is 0 Å². The number of nitrogens with one attached hydrogen (secondary N) is 2. The largest absolute Gasteiger partial charge is 0.358 e. The summed E-state index contributed by atoms with van der Waals surface area (Å²) in [7, 11) is -3.77. The fraction of sp³-hybridized carbons (Fsp3) is 0.368. The van der Waals surface area contributed by atoms with Crippen molar-refractivity contribution in [1.82, 2.24) is 14.3 Å². The topological polar surface area (TPSA) is 102 Å². The molecule has 1 unspecified atom stereocenters. The van der Waals surface area contributed by atoms with Crippen LogP contribution in [0.2, 0.25) is 0 Å². The molecular weight excluding hydrogens is 426 g/mol. The SMILES string of the molecule is CSN1CCCC(c2ncc(S(=O)(=O)Nc3ccc(C)c4c(C#N)c[nH]c34)s2)C1. The molecule has 1 aromatic carbocycles. The molecular formula is C19H21N5O2S3. The molecule has 3 heterocycles. The van der Waals surface area contributed by atoms with E-state index in [-0.39, 0.29) is 10.1 Å². The van der Waals surface area contributed by atoms with Gasteiger partial charge in [-0.25, -0.2) is 13.4 Å². The molecule has 1 fully saturated rings. The maximum absolute atomic E-state index is 13.0. The first-order valence-electron chi connectivity index (χ1n) is 9.21. The van der Waals surface area contributed by atoms with Crippen LogP contribution in [0.3, 0.4) is 0 Å². The zero-order chi connectivity index (χ0) is 20.6. The third-order valence-corrected chi connectivity index (χ3v) is 9.00. The van der Waals surface area contributed by atoms with Crippen LogP contribution in [-0.4, -0.2) is 42.0 Å². The smallest absolute Gasteiger partial charge is 0.273 e.